The fourth-order valence-corrected chi connectivity index (χ4v) is 2.54. The van der Waals surface area contributed by atoms with Crippen molar-refractivity contribution < 1.29 is 0 Å². The van der Waals surface area contributed by atoms with Gasteiger partial charge in [-0.1, -0.05) is 6.92 Å². The van der Waals surface area contributed by atoms with Crippen LogP contribution in [0.5, 0.6) is 0 Å². The molecule has 1 aromatic heterocycles. The summed E-state index contributed by atoms with van der Waals surface area (Å²) in [6.07, 6.45) is 2.51. The van der Waals surface area contributed by atoms with Crippen LogP contribution in [-0.2, 0) is 0 Å². The van der Waals surface area contributed by atoms with E-state index in [-0.39, 0.29) is 6.04 Å². The molecule has 2 rings (SSSR count). The van der Waals surface area contributed by atoms with Gasteiger partial charge < -0.3 is 5.73 Å². The molecule has 0 saturated heterocycles. The fourth-order valence-electron chi connectivity index (χ4n) is 1.67. The Bertz CT molecular complexity index is 326. The predicted molar refractivity (Wildman–Crippen MR) is 55.9 cm³/mol. The summed E-state index contributed by atoms with van der Waals surface area (Å²) in [5.41, 5.74) is 7.66. The first-order valence-electron chi connectivity index (χ1n) is 4.72. The molecule has 3 heteroatoms. The molecule has 1 fully saturated rings. The average Bonchev–Trinajstić information content (AvgIpc) is 2.71. The van der Waals surface area contributed by atoms with Crippen molar-refractivity contribution in [2.45, 2.75) is 39.7 Å². The zero-order valence-electron chi connectivity index (χ0n) is 8.42. The smallest absolute Gasteiger partial charge is 0.0900 e. The first-order chi connectivity index (χ1) is 6.03. The molecule has 2 N–H and O–H groups in total. The van der Waals surface area contributed by atoms with E-state index in [1.54, 1.807) is 11.3 Å². The van der Waals surface area contributed by atoms with Gasteiger partial charge in [0.1, 0.15) is 0 Å². The molecule has 72 valence electrons. The van der Waals surface area contributed by atoms with Crippen LogP contribution in [0.4, 0.5) is 0 Å². The lowest BCUT2D eigenvalue weighted by Gasteiger charge is -2.17. The van der Waals surface area contributed by atoms with Crippen molar-refractivity contribution in [3.63, 3.8) is 0 Å². The molecule has 1 heterocycles. The summed E-state index contributed by atoms with van der Waals surface area (Å²) in [5, 5.41) is 1.13. The summed E-state index contributed by atoms with van der Waals surface area (Å²) in [6.45, 7) is 6.42. The maximum Gasteiger partial charge on any atom is 0.0900 e. The Balaban J connectivity index is 2.29. The Morgan fingerprint density at radius 1 is 1.46 bits per heavy atom. The van der Waals surface area contributed by atoms with E-state index < -0.39 is 0 Å². The fraction of sp³-hybridized carbons (Fsp3) is 0.700. The van der Waals surface area contributed by atoms with Gasteiger partial charge in [-0.15, -0.1) is 11.3 Å². The summed E-state index contributed by atoms with van der Waals surface area (Å²) >= 11 is 1.75. The highest BCUT2D eigenvalue weighted by Gasteiger charge is 2.45. The maximum absolute atomic E-state index is 6.19. The van der Waals surface area contributed by atoms with Crippen LogP contribution in [0, 0.1) is 19.3 Å². The zero-order valence-corrected chi connectivity index (χ0v) is 9.24. The van der Waals surface area contributed by atoms with Crippen LogP contribution in [0.3, 0.4) is 0 Å². The molecule has 1 aliphatic carbocycles. The standard InChI is InChI=1S/C10H16N2S/c1-6-8(12-7(2)13-6)9(11)10(3)4-5-10/h9H,4-5,11H2,1-3H3. The number of hydrogen-bond donors (Lipinski definition) is 1. The quantitative estimate of drug-likeness (QED) is 0.789. The average molecular weight is 196 g/mol. The van der Waals surface area contributed by atoms with Crippen molar-refractivity contribution in [3.8, 4) is 0 Å². The lowest BCUT2D eigenvalue weighted by atomic mass is 9.96. The van der Waals surface area contributed by atoms with Crippen molar-refractivity contribution in [1.29, 1.82) is 0 Å². The zero-order chi connectivity index (χ0) is 9.64. The predicted octanol–water partition coefficient (Wildman–Crippen LogP) is 2.56. The minimum absolute atomic E-state index is 0.150. The molecule has 0 amide bonds. The van der Waals surface area contributed by atoms with Crippen LogP contribution in [0.1, 0.15) is 41.4 Å². The van der Waals surface area contributed by atoms with E-state index in [1.807, 2.05) is 6.92 Å². The van der Waals surface area contributed by atoms with Crippen molar-refractivity contribution in [2.75, 3.05) is 0 Å². The molecule has 1 unspecified atom stereocenters. The summed E-state index contributed by atoms with van der Waals surface area (Å²) in [4.78, 5) is 5.80. The van der Waals surface area contributed by atoms with E-state index in [2.05, 4.69) is 18.8 Å². The Labute approximate surface area is 83.2 Å². The van der Waals surface area contributed by atoms with Gasteiger partial charge in [0.15, 0.2) is 0 Å². The molecule has 1 aliphatic rings. The van der Waals surface area contributed by atoms with Crippen LogP contribution < -0.4 is 5.73 Å². The Kier molecular flexibility index (Phi) is 1.96. The Morgan fingerprint density at radius 2 is 2.08 bits per heavy atom. The normalized spacial score (nSPS) is 21.5. The van der Waals surface area contributed by atoms with E-state index in [9.17, 15) is 0 Å². The van der Waals surface area contributed by atoms with Gasteiger partial charge in [0.05, 0.1) is 16.7 Å². The minimum Gasteiger partial charge on any atom is -0.322 e. The number of hydrogen-bond acceptors (Lipinski definition) is 3. The van der Waals surface area contributed by atoms with Crippen molar-refractivity contribution in [2.24, 2.45) is 11.1 Å². The third kappa shape index (κ3) is 1.51. The number of nitrogens with zero attached hydrogens (tertiary/aromatic N) is 1. The monoisotopic (exact) mass is 196 g/mol. The van der Waals surface area contributed by atoms with Crippen LogP contribution >= 0.6 is 11.3 Å². The first-order valence-corrected chi connectivity index (χ1v) is 5.54. The van der Waals surface area contributed by atoms with Crippen molar-refractivity contribution in [1.82, 2.24) is 4.98 Å². The SMILES string of the molecule is Cc1nc(C(N)C2(C)CC2)c(C)s1. The van der Waals surface area contributed by atoms with Gasteiger partial charge in [-0.2, -0.15) is 0 Å². The van der Waals surface area contributed by atoms with Gasteiger partial charge in [0.2, 0.25) is 0 Å². The third-order valence-corrected chi connectivity index (χ3v) is 3.93. The molecule has 0 radical (unpaired) electrons. The van der Waals surface area contributed by atoms with Crippen LogP contribution in [0.25, 0.3) is 0 Å². The summed E-state index contributed by atoms with van der Waals surface area (Å²) in [6, 6.07) is 0.150. The highest BCUT2D eigenvalue weighted by Crippen LogP contribution is 2.53. The molecule has 0 aliphatic heterocycles. The van der Waals surface area contributed by atoms with Gasteiger partial charge in [0.25, 0.3) is 0 Å². The largest absolute Gasteiger partial charge is 0.322 e. The van der Waals surface area contributed by atoms with Crippen LogP contribution in [-0.4, -0.2) is 4.98 Å². The third-order valence-electron chi connectivity index (χ3n) is 3.02. The topological polar surface area (TPSA) is 38.9 Å². The summed E-state index contributed by atoms with van der Waals surface area (Å²) in [7, 11) is 0. The molecule has 13 heavy (non-hydrogen) atoms. The molecule has 2 nitrogen and oxygen atoms in total. The number of aryl methyl sites for hydroxylation is 2. The first kappa shape index (κ1) is 9.16. The molecule has 1 saturated carbocycles. The lowest BCUT2D eigenvalue weighted by molar-refractivity contribution is 0.441. The minimum atomic E-state index is 0.150. The van der Waals surface area contributed by atoms with Crippen LogP contribution in [0.2, 0.25) is 0 Å². The highest BCUT2D eigenvalue weighted by molar-refractivity contribution is 7.11. The van der Waals surface area contributed by atoms with Gasteiger partial charge in [-0.05, 0) is 32.1 Å². The molecule has 0 spiro atoms. The van der Waals surface area contributed by atoms with Gasteiger partial charge >= 0.3 is 0 Å². The van der Waals surface area contributed by atoms with E-state index in [1.165, 1.54) is 17.7 Å². The van der Waals surface area contributed by atoms with Crippen molar-refractivity contribution >= 4 is 11.3 Å². The molecule has 1 atom stereocenters. The van der Waals surface area contributed by atoms with Crippen LogP contribution in [0.15, 0.2) is 0 Å². The van der Waals surface area contributed by atoms with E-state index in [4.69, 9.17) is 5.73 Å². The highest BCUT2D eigenvalue weighted by atomic mass is 32.1. The molecular formula is C10H16N2S. The molecular weight excluding hydrogens is 180 g/mol. The summed E-state index contributed by atoms with van der Waals surface area (Å²) < 4.78 is 0. The number of nitrogens with two attached hydrogens (primary N) is 1. The maximum atomic E-state index is 6.19. The lowest BCUT2D eigenvalue weighted by Crippen LogP contribution is -2.21. The van der Waals surface area contributed by atoms with Gasteiger partial charge in [0, 0.05) is 4.88 Å². The van der Waals surface area contributed by atoms with Gasteiger partial charge in [-0.25, -0.2) is 4.98 Å². The Hall–Kier alpha value is -0.410. The molecule has 0 aromatic carbocycles. The molecule has 0 bridgehead atoms. The second kappa shape index (κ2) is 2.79. The van der Waals surface area contributed by atoms with E-state index in [0.717, 1.165) is 10.7 Å². The van der Waals surface area contributed by atoms with Gasteiger partial charge in [-0.3, -0.25) is 0 Å². The number of aromatic nitrogens is 1. The van der Waals surface area contributed by atoms with E-state index in [0.29, 0.717) is 5.41 Å². The number of thiazole rings is 1. The summed E-state index contributed by atoms with van der Waals surface area (Å²) in [5.74, 6) is 0. The Morgan fingerprint density at radius 3 is 2.46 bits per heavy atom. The number of rotatable bonds is 2. The second-order valence-corrected chi connectivity index (χ2v) is 5.71. The molecule has 1 aromatic rings. The van der Waals surface area contributed by atoms with E-state index >= 15 is 0 Å². The van der Waals surface area contributed by atoms with Crippen molar-refractivity contribution in [3.05, 3.63) is 15.6 Å². The second-order valence-electron chi connectivity index (χ2n) is 4.31.